The maximum absolute atomic E-state index is 13.2. The molecule has 1 aromatic heterocycles. The third-order valence-electron chi connectivity index (χ3n) is 1.60. The molecular formula is C10H12FNO3. The minimum Gasteiger partial charge on any atom is -0.476 e. The normalized spacial score (nSPS) is 9.80. The molecule has 5 heteroatoms. The monoisotopic (exact) mass is 213 g/mol. The Kier molecular flexibility index (Phi) is 4.03. The summed E-state index contributed by atoms with van der Waals surface area (Å²) in [5.41, 5.74) is 0.0813. The number of hydrogen-bond donors (Lipinski definition) is 0. The van der Waals surface area contributed by atoms with E-state index in [1.807, 2.05) is 0 Å². The number of esters is 1. The van der Waals surface area contributed by atoms with Crippen molar-refractivity contribution in [2.75, 3.05) is 13.2 Å². The van der Waals surface area contributed by atoms with E-state index >= 15 is 0 Å². The van der Waals surface area contributed by atoms with Gasteiger partial charge in [-0.15, -0.1) is 0 Å². The Morgan fingerprint density at radius 3 is 2.73 bits per heavy atom. The Balaban J connectivity index is 2.86. The van der Waals surface area contributed by atoms with Crippen LogP contribution >= 0.6 is 0 Å². The number of ether oxygens (including phenoxy) is 2. The van der Waals surface area contributed by atoms with E-state index in [0.717, 1.165) is 6.07 Å². The van der Waals surface area contributed by atoms with Gasteiger partial charge in [0.15, 0.2) is 5.82 Å². The molecule has 1 aromatic rings. The van der Waals surface area contributed by atoms with Gasteiger partial charge in [-0.1, -0.05) is 0 Å². The fourth-order valence-electron chi connectivity index (χ4n) is 0.994. The first-order chi connectivity index (χ1) is 7.19. The molecule has 0 atom stereocenters. The molecule has 0 aliphatic carbocycles. The Morgan fingerprint density at radius 1 is 1.47 bits per heavy atom. The lowest BCUT2D eigenvalue weighted by Crippen LogP contribution is -2.07. The van der Waals surface area contributed by atoms with E-state index in [-0.39, 0.29) is 18.1 Å². The van der Waals surface area contributed by atoms with Crippen molar-refractivity contribution < 1.29 is 18.7 Å². The van der Waals surface area contributed by atoms with E-state index in [9.17, 15) is 9.18 Å². The number of pyridine rings is 1. The first kappa shape index (κ1) is 11.4. The number of nitrogens with zero attached hydrogens (tertiary/aromatic N) is 1. The summed E-state index contributed by atoms with van der Waals surface area (Å²) in [7, 11) is 0. The highest BCUT2D eigenvalue weighted by atomic mass is 19.1. The summed E-state index contributed by atoms with van der Waals surface area (Å²) in [5, 5.41) is 0. The third-order valence-corrected chi connectivity index (χ3v) is 1.60. The predicted molar refractivity (Wildman–Crippen MR) is 51.3 cm³/mol. The van der Waals surface area contributed by atoms with Gasteiger partial charge >= 0.3 is 5.97 Å². The first-order valence-electron chi connectivity index (χ1n) is 4.64. The van der Waals surface area contributed by atoms with Crippen LogP contribution in [0.2, 0.25) is 0 Å². The summed E-state index contributed by atoms with van der Waals surface area (Å²) >= 11 is 0. The summed E-state index contributed by atoms with van der Waals surface area (Å²) in [4.78, 5) is 14.9. The van der Waals surface area contributed by atoms with E-state index < -0.39 is 11.8 Å². The molecule has 4 nitrogen and oxygen atoms in total. The zero-order valence-electron chi connectivity index (χ0n) is 8.62. The zero-order valence-corrected chi connectivity index (χ0v) is 8.62. The lowest BCUT2D eigenvalue weighted by Gasteiger charge is -2.05. The molecule has 0 aliphatic heterocycles. The van der Waals surface area contributed by atoms with Gasteiger partial charge in [0, 0.05) is 6.20 Å². The van der Waals surface area contributed by atoms with Crippen molar-refractivity contribution in [2.24, 2.45) is 0 Å². The molecule has 0 radical (unpaired) electrons. The molecule has 1 rings (SSSR count). The molecule has 0 aliphatic rings. The molecule has 82 valence electrons. The Bertz CT molecular complexity index is 355. The molecule has 0 bridgehead atoms. The maximum Gasteiger partial charge on any atom is 0.339 e. The number of rotatable bonds is 4. The van der Waals surface area contributed by atoms with Crippen molar-refractivity contribution in [1.29, 1.82) is 0 Å². The Labute approximate surface area is 87.0 Å². The molecule has 0 spiro atoms. The highest BCUT2D eigenvalue weighted by Crippen LogP contribution is 2.14. The van der Waals surface area contributed by atoms with Crippen LogP contribution < -0.4 is 4.74 Å². The van der Waals surface area contributed by atoms with Crippen molar-refractivity contribution in [3.63, 3.8) is 0 Å². The fourth-order valence-corrected chi connectivity index (χ4v) is 0.994. The molecule has 15 heavy (non-hydrogen) atoms. The Hall–Kier alpha value is -1.65. The van der Waals surface area contributed by atoms with Crippen LogP contribution in [-0.2, 0) is 4.74 Å². The van der Waals surface area contributed by atoms with Gasteiger partial charge in [-0.05, 0) is 19.9 Å². The summed E-state index contributed by atoms with van der Waals surface area (Å²) in [6.07, 6.45) is 1.23. The highest BCUT2D eigenvalue weighted by molar-refractivity contribution is 5.89. The van der Waals surface area contributed by atoms with E-state index in [4.69, 9.17) is 9.47 Å². The summed E-state index contributed by atoms with van der Waals surface area (Å²) < 4.78 is 22.8. The van der Waals surface area contributed by atoms with Crippen LogP contribution in [0.1, 0.15) is 24.2 Å². The van der Waals surface area contributed by atoms with E-state index in [0.29, 0.717) is 6.61 Å². The lowest BCUT2D eigenvalue weighted by molar-refractivity contribution is 0.0525. The summed E-state index contributed by atoms with van der Waals surface area (Å²) in [5.74, 6) is -1.36. The van der Waals surface area contributed by atoms with Crippen LogP contribution in [0, 0.1) is 5.82 Å². The summed E-state index contributed by atoms with van der Waals surface area (Å²) in [6.45, 7) is 3.97. The van der Waals surface area contributed by atoms with Gasteiger partial charge in [0.05, 0.1) is 18.8 Å². The van der Waals surface area contributed by atoms with Gasteiger partial charge in [0.25, 0.3) is 0 Å². The van der Waals surface area contributed by atoms with E-state index in [2.05, 4.69) is 4.98 Å². The van der Waals surface area contributed by atoms with E-state index in [1.165, 1.54) is 6.20 Å². The number of aromatic nitrogens is 1. The molecule has 0 aromatic carbocycles. The average molecular weight is 213 g/mol. The van der Waals surface area contributed by atoms with Gasteiger partial charge in [-0.3, -0.25) is 0 Å². The van der Waals surface area contributed by atoms with Crippen LogP contribution in [0.5, 0.6) is 5.88 Å². The second kappa shape index (κ2) is 5.29. The molecular weight excluding hydrogens is 201 g/mol. The van der Waals surface area contributed by atoms with E-state index in [1.54, 1.807) is 13.8 Å². The fraction of sp³-hybridized carbons (Fsp3) is 0.400. The first-order valence-corrected chi connectivity index (χ1v) is 4.64. The molecule has 1 heterocycles. The molecule has 0 saturated carbocycles. The number of hydrogen-bond acceptors (Lipinski definition) is 4. The number of halogens is 1. The van der Waals surface area contributed by atoms with Crippen molar-refractivity contribution in [3.05, 3.63) is 23.6 Å². The molecule has 0 N–H and O–H groups in total. The van der Waals surface area contributed by atoms with Crippen LogP contribution in [-0.4, -0.2) is 24.2 Å². The highest BCUT2D eigenvalue weighted by Gasteiger charge is 2.12. The number of carbonyl (C=O) groups excluding carboxylic acids is 1. The van der Waals surface area contributed by atoms with Crippen LogP contribution in [0.3, 0.4) is 0 Å². The quantitative estimate of drug-likeness (QED) is 0.715. The summed E-state index contributed by atoms with van der Waals surface area (Å²) in [6, 6.07) is 1.05. The minimum absolute atomic E-state index is 0.0813. The molecule has 0 amide bonds. The minimum atomic E-state index is -0.664. The van der Waals surface area contributed by atoms with Crippen molar-refractivity contribution >= 4 is 5.97 Å². The second-order valence-electron chi connectivity index (χ2n) is 2.66. The van der Waals surface area contributed by atoms with Crippen LogP contribution in [0.4, 0.5) is 4.39 Å². The molecule has 0 unspecified atom stereocenters. The van der Waals surface area contributed by atoms with Crippen molar-refractivity contribution in [3.8, 4) is 5.88 Å². The smallest absolute Gasteiger partial charge is 0.339 e. The van der Waals surface area contributed by atoms with Gasteiger partial charge in [-0.25, -0.2) is 14.2 Å². The average Bonchev–Trinajstić information content (AvgIpc) is 2.21. The zero-order chi connectivity index (χ0) is 11.3. The standard InChI is InChI=1S/C10H12FNO3/c1-3-14-9-8(11)5-7(6-12-9)10(13)15-4-2/h5-6H,3-4H2,1-2H3. The van der Waals surface area contributed by atoms with Gasteiger partial charge < -0.3 is 9.47 Å². The largest absolute Gasteiger partial charge is 0.476 e. The maximum atomic E-state index is 13.2. The van der Waals surface area contributed by atoms with Crippen LogP contribution in [0.15, 0.2) is 12.3 Å². The molecule has 0 saturated heterocycles. The topological polar surface area (TPSA) is 48.4 Å². The predicted octanol–water partition coefficient (Wildman–Crippen LogP) is 1.80. The van der Waals surface area contributed by atoms with Crippen molar-refractivity contribution in [2.45, 2.75) is 13.8 Å². The van der Waals surface area contributed by atoms with Crippen LogP contribution in [0.25, 0.3) is 0 Å². The lowest BCUT2D eigenvalue weighted by atomic mass is 10.3. The number of carbonyl (C=O) groups is 1. The Morgan fingerprint density at radius 2 is 2.20 bits per heavy atom. The van der Waals surface area contributed by atoms with Gasteiger partial charge in [-0.2, -0.15) is 0 Å². The second-order valence-corrected chi connectivity index (χ2v) is 2.66. The third kappa shape index (κ3) is 2.90. The van der Waals surface area contributed by atoms with Gasteiger partial charge in [0.1, 0.15) is 0 Å². The van der Waals surface area contributed by atoms with Crippen molar-refractivity contribution in [1.82, 2.24) is 4.98 Å². The molecule has 0 fully saturated rings. The SMILES string of the molecule is CCOC(=O)c1cnc(OCC)c(F)c1. The van der Waals surface area contributed by atoms with Gasteiger partial charge in [0.2, 0.25) is 5.88 Å².